The lowest BCUT2D eigenvalue weighted by atomic mass is 9.99. The third kappa shape index (κ3) is 5.77. The Bertz CT molecular complexity index is 1810. The van der Waals surface area contributed by atoms with Crippen LogP contribution in [0.3, 0.4) is 0 Å². The van der Waals surface area contributed by atoms with Crippen molar-refractivity contribution in [1.82, 2.24) is 0 Å². The first-order valence-electron chi connectivity index (χ1n) is 13.0. The van der Waals surface area contributed by atoms with Crippen molar-refractivity contribution >= 4 is 16.9 Å². The monoisotopic (exact) mass is 630 g/mol. The molecule has 238 valence electrons. The molecule has 2 heterocycles. The highest BCUT2D eigenvalue weighted by atomic mass is 16.7. The van der Waals surface area contributed by atoms with E-state index in [1.165, 1.54) is 25.3 Å². The molecule has 1 aliphatic rings. The Morgan fingerprint density at radius 3 is 2.20 bits per heavy atom. The van der Waals surface area contributed by atoms with Gasteiger partial charge < -0.3 is 69.3 Å². The average Bonchev–Trinajstić information content (AvgIpc) is 3.00. The number of rotatable bonds is 7. The zero-order valence-electron chi connectivity index (χ0n) is 23.0. The number of hydrogen-bond acceptors (Lipinski definition) is 16. The Morgan fingerprint density at radius 2 is 1.53 bits per heavy atom. The Hall–Kier alpha value is -5.42. The molecule has 45 heavy (non-hydrogen) atoms. The van der Waals surface area contributed by atoms with E-state index >= 15 is 0 Å². The summed E-state index contributed by atoms with van der Waals surface area (Å²) in [5.41, 5.74) is -1.60. The number of ether oxygens (including phenoxy) is 4. The first-order valence-corrected chi connectivity index (χ1v) is 13.0. The minimum absolute atomic E-state index is 0.0374. The van der Waals surface area contributed by atoms with E-state index < -0.39 is 94.2 Å². The predicted molar refractivity (Wildman–Crippen MR) is 148 cm³/mol. The number of phenols is 6. The molecule has 9 N–H and O–H groups in total. The van der Waals surface area contributed by atoms with Gasteiger partial charge in [-0.3, -0.25) is 4.79 Å². The predicted octanol–water partition coefficient (Wildman–Crippen LogP) is 0.746. The van der Waals surface area contributed by atoms with Gasteiger partial charge in [-0.25, -0.2) is 4.79 Å². The van der Waals surface area contributed by atoms with E-state index in [1.54, 1.807) is 0 Å². The van der Waals surface area contributed by atoms with Crippen molar-refractivity contribution in [3.05, 3.63) is 58.3 Å². The summed E-state index contributed by atoms with van der Waals surface area (Å²) in [6.45, 7) is -0.777. The lowest BCUT2D eigenvalue weighted by molar-refractivity contribution is -0.277. The topological polar surface area (TPSA) is 266 Å². The maximum Gasteiger partial charge on any atom is 0.338 e. The number of aromatic hydroxyl groups is 6. The number of aliphatic hydroxyl groups is 3. The Morgan fingerprint density at radius 1 is 0.844 bits per heavy atom. The van der Waals surface area contributed by atoms with Crippen molar-refractivity contribution in [3.8, 4) is 57.3 Å². The molecule has 0 bridgehead atoms. The fraction of sp³-hybridized carbons (Fsp3) is 0.241. The van der Waals surface area contributed by atoms with Crippen LogP contribution in [-0.2, 0) is 9.47 Å². The molecule has 16 nitrogen and oxygen atoms in total. The van der Waals surface area contributed by atoms with Gasteiger partial charge in [0.2, 0.25) is 17.5 Å². The molecule has 1 aromatic heterocycles. The zero-order chi connectivity index (χ0) is 32.7. The van der Waals surface area contributed by atoms with E-state index in [-0.39, 0.29) is 28.4 Å². The molecule has 5 atom stereocenters. The first-order chi connectivity index (χ1) is 21.3. The van der Waals surface area contributed by atoms with Gasteiger partial charge in [-0.05, 0) is 30.3 Å². The van der Waals surface area contributed by atoms with Gasteiger partial charge in [0.15, 0.2) is 34.5 Å². The van der Waals surface area contributed by atoms with Crippen LogP contribution < -0.4 is 14.9 Å². The third-order valence-corrected chi connectivity index (χ3v) is 6.95. The molecule has 4 aromatic rings. The number of esters is 1. The van der Waals surface area contributed by atoms with Gasteiger partial charge >= 0.3 is 5.97 Å². The lowest BCUT2D eigenvalue weighted by Crippen LogP contribution is -2.60. The minimum atomic E-state index is -2.00. The summed E-state index contributed by atoms with van der Waals surface area (Å²) < 4.78 is 27.2. The number of hydrogen-bond donors (Lipinski definition) is 9. The molecule has 0 aliphatic carbocycles. The second-order valence-electron chi connectivity index (χ2n) is 9.91. The smallest absolute Gasteiger partial charge is 0.338 e. The molecule has 1 saturated heterocycles. The summed E-state index contributed by atoms with van der Waals surface area (Å²) in [7, 11) is 1.27. The standard InChI is InChI=1S/C29H26O16/c1-41-17-6-10(2-3-13(17)31)26-27(23(37)20-14(32)7-12(30)8-18(20)43-26)45-29-25(39)24(38)22(36)19(44-29)9-42-28(40)11-4-15(33)21(35)16(34)5-11/h2-8,19,22,24-25,29-36,38-39H,9H2,1H3/t19-,22-,24+,25-,29+/m1/s1. The second kappa shape index (κ2) is 11.9. The van der Waals surface area contributed by atoms with Gasteiger partial charge in [0.05, 0.1) is 12.7 Å². The molecule has 0 radical (unpaired) electrons. The lowest BCUT2D eigenvalue weighted by Gasteiger charge is -2.39. The molecule has 0 amide bonds. The summed E-state index contributed by atoms with van der Waals surface area (Å²) in [5, 5.41) is 90.5. The molecule has 0 spiro atoms. The molecule has 16 heteroatoms. The van der Waals surface area contributed by atoms with E-state index in [0.29, 0.717) is 0 Å². The Balaban J connectivity index is 1.50. The number of aliphatic hydroxyl groups excluding tert-OH is 3. The average molecular weight is 631 g/mol. The highest BCUT2D eigenvalue weighted by Gasteiger charge is 2.46. The zero-order valence-corrected chi connectivity index (χ0v) is 23.0. The molecular weight excluding hydrogens is 604 g/mol. The molecule has 1 aliphatic heterocycles. The van der Waals surface area contributed by atoms with Crippen LogP contribution in [-0.4, -0.2) is 96.4 Å². The van der Waals surface area contributed by atoms with Crippen LogP contribution in [0.2, 0.25) is 0 Å². The molecule has 5 rings (SSSR count). The number of fused-ring (bicyclic) bond motifs is 1. The van der Waals surface area contributed by atoms with Crippen LogP contribution in [0, 0.1) is 0 Å². The van der Waals surface area contributed by atoms with Crippen LogP contribution in [0.25, 0.3) is 22.3 Å². The van der Waals surface area contributed by atoms with E-state index in [1.807, 2.05) is 0 Å². The van der Waals surface area contributed by atoms with Crippen molar-refractivity contribution in [1.29, 1.82) is 0 Å². The summed E-state index contributed by atoms with van der Waals surface area (Å²) in [6, 6.07) is 7.32. The molecule has 3 aromatic carbocycles. The van der Waals surface area contributed by atoms with E-state index in [0.717, 1.165) is 24.3 Å². The second-order valence-corrected chi connectivity index (χ2v) is 9.91. The van der Waals surface area contributed by atoms with Gasteiger partial charge in [0, 0.05) is 17.7 Å². The number of phenolic OH excluding ortho intramolecular Hbond substituents is 6. The SMILES string of the molecule is COc1cc(-c2oc3cc(O)cc(O)c3c(=O)c2O[C@@H]2O[C@H](COC(=O)c3cc(O)c(O)c(O)c3)[C@@H](O)[C@H](O)[C@H]2O)ccc1O. The first kappa shape index (κ1) is 31.0. The Labute approximate surface area is 251 Å². The fourth-order valence-corrected chi connectivity index (χ4v) is 4.62. The largest absolute Gasteiger partial charge is 0.508 e. The van der Waals surface area contributed by atoms with Crippen LogP contribution in [0.1, 0.15) is 10.4 Å². The van der Waals surface area contributed by atoms with Crippen LogP contribution in [0.4, 0.5) is 0 Å². The number of methoxy groups -OCH3 is 1. The van der Waals surface area contributed by atoms with Gasteiger partial charge in [-0.2, -0.15) is 0 Å². The highest BCUT2D eigenvalue weighted by Crippen LogP contribution is 2.40. The van der Waals surface area contributed by atoms with Crippen molar-refractivity contribution in [3.63, 3.8) is 0 Å². The van der Waals surface area contributed by atoms with Crippen molar-refractivity contribution in [2.24, 2.45) is 0 Å². The number of benzene rings is 3. The molecule has 0 saturated carbocycles. The van der Waals surface area contributed by atoms with Crippen molar-refractivity contribution in [2.75, 3.05) is 13.7 Å². The quantitative estimate of drug-likeness (QED) is 0.101. The van der Waals surface area contributed by atoms with Crippen molar-refractivity contribution in [2.45, 2.75) is 30.7 Å². The summed E-state index contributed by atoms with van der Waals surface area (Å²) in [6.07, 6.45) is -9.32. The highest BCUT2D eigenvalue weighted by molar-refractivity contribution is 5.91. The summed E-state index contributed by atoms with van der Waals surface area (Å²) in [4.78, 5) is 26.2. The normalized spacial score (nSPS) is 21.4. The van der Waals surface area contributed by atoms with Crippen LogP contribution in [0.5, 0.6) is 46.0 Å². The van der Waals surface area contributed by atoms with Gasteiger partial charge in [-0.1, -0.05) is 0 Å². The maximum absolute atomic E-state index is 13.7. The van der Waals surface area contributed by atoms with Crippen LogP contribution in [0.15, 0.2) is 51.7 Å². The molecule has 0 unspecified atom stereocenters. The van der Waals surface area contributed by atoms with Gasteiger partial charge in [0.1, 0.15) is 53.5 Å². The van der Waals surface area contributed by atoms with Crippen molar-refractivity contribution < 1.29 is 74.1 Å². The van der Waals surface area contributed by atoms with Gasteiger partial charge in [-0.15, -0.1) is 0 Å². The number of carbonyl (C=O) groups is 1. The summed E-state index contributed by atoms with van der Waals surface area (Å²) in [5.74, 6) is -6.10. The van der Waals surface area contributed by atoms with E-state index in [2.05, 4.69) is 0 Å². The third-order valence-electron chi connectivity index (χ3n) is 6.95. The van der Waals surface area contributed by atoms with E-state index in [4.69, 9.17) is 23.4 Å². The fourth-order valence-electron chi connectivity index (χ4n) is 4.62. The molecule has 1 fully saturated rings. The van der Waals surface area contributed by atoms with Gasteiger partial charge in [0.25, 0.3) is 0 Å². The van der Waals surface area contributed by atoms with E-state index in [9.17, 15) is 55.5 Å². The van der Waals surface area contributed by atoms with Crippen LogP contribution >= 0.6 is 0 Å². The Kier molecular flexibility index (Phi) is 8.22. The maximum atomic E-state index is 13.7. The molecular formula is C29H26O16. The minimum Gasteiger partial charge on any atom is -0.508 e. The number of carbonyl (C=O) groups excluding carboxylic acids is 1. The summed E-state index contributed by atoms with van der Waals surface area (Å²) >= 11 is 0.